The lowest BCUT2D eigenvalue weighted by molar-refractivity contribution is -0.124. The van der Waals surface area contributed by atoms with Gasteiger partial charge in [0.05, 0.1) is 12.6 Å². The highest BCUT2D eigenvalue weighted by Gasteiger charge is 2.33. The molecule has 1 N–H and O–H groups in total. The number of hydrogen-bond donors (Lipinski definition) is 1. The normalized spacial score (nSPS) is 16.9. The topological polar surface area (TPSA) is 79.6 Å². The predicted molar refractivity (Wildman–Crippen MR) is 104 cm³/mol. The summed E-state index contributed by atoms with van der Waals surface area (Å²) in [7, 11) is 0. The maximum absolute atomic E-state index is 12.6. The van der Waals surface area contributed by atoms with Crippen molar-refractivity contribution in [3.8, 4) is 0 Å². The summed E-state index contributed by atoms with van der Waals surface area (Å²) in [6, 6.07) is 17.3. The van der Waals surface area contributed by atoms with Gasteiger partial charge in [-0.2, -0.15) is 0 Å². The number of Topliss-reactive ketones (excluding diaryl/α,β-unsaturated/α-hetero) is 1. The maximum Gasteiger partial charge on any atom is 0.257 e. The van der Waals surface area contributed by atoms with Crippen molar-refractivity contribution in [1.29, 1.82) is 0 Å². The number of likely N-dealkylation sites (tertiary alicyclic amines) is 1. The van der Waals surface area contributed by atoms with E-state index in [2.05, 4.69) is 5.32 Å². The molecule has 2 aromatic carbocycles. The lowest BCUT2D eigenvalue weighted by atomic mass is 10.1. The number of furan rings is 1. The van der Waals surface area contributed by atoms with Crippen LogP contribution >= 0.6 is 0 Å². The Morgan fingerprint density at radius 3 is 2.57 bits per heavy atom. The standard InChI is InChI=1S/C22H20N2O4/c25-18(20-13-16-9-4-5-11-19(16)28-20)14-24-12-6-10-17(24)22(27)23-21(26)15-7-2-1-3-8-15/h1-5,7-9,11,13,17H,6,10,12,14H2,(H,23,26,27)/t17-/m1/s1. The van der Waals surface area contributed by atoms with Crippen LogP contribution in [0.4, 0.5) is 0 Å². The third kappa shape index (κ3) is 3.73. The van der Waals surface area contributed by atoms with Crippen molar-refractivity contribution < 1.29 is 18.8 Å². The minimum absolute atomic E-state index is 0.0808. The average molecular weight is 376 g/mol. The smallest absolute Gasteiger partial charge is 0.257 e. The maximum atomic E-state index is 12.6. The third-order valence-electron chi connectivity index (χ3n) is 4.99. The number of ketones is 1. The molecule has 0 bridgehead atoms. The van der Waals surface area contributed by atoms with Crippen LogP contribution in [0.1, 0.15) is 33.8 Å². The van der Waals surface area contributed by atoms with Gasteiger partial charge in [-0.05, 0) is 43.7 Å². The van der Waals surface area contributed by atoms with E-state index in [0.717, 1.165) is 11.8 Å². The van der Waals surface area contributed by atoms with E-state index in [-0.39, 0.29) is 24.0 Å². The van der Waals surface area contributed by atoms with Gasteiger partial charge in [-0.3, -0.25) is 24.6 Å². The number of carbonyl (C=O) groups excluding carboxylic acids is 3. The molecule has 6 nitrogen and oxygen atoms in total. The quantitative estimate of drug-likeness (QED) is 0.547. The van der Waals surface area contributed by atoms with Gasteiger partial charge in [-0.1, -0.05) is 36.4 Å². The van der Waals surface area contributed by atoms with Crippen LogP contribution < -0.4 is 5.32 Å². The van der Waals surface area contributed by atoms with Gasteiger partial charge in [0.25, 0.3) is 5.91 Å². The first-order chi connectivity index (χ1) is 13.6. The van der Waals surface area contributed by atoms with Crippen LogP contribution in [0.25, 0.3) is 11.0 Å². The van der Waals surface area contributed by atoms with E-state index in [1.54, 1.807) is 36.4 Å². The van der Waals surface area contributed by atoms with Gasteiger partial charge < -0.3 is 4.42 Å². The molecule has 4 rings (SSSR count). The van der Waals surface area contributed by atoms with Crippen LogP contribution in [0, 0.1) is 0 Å². The summed E-state index contributed by atoms with van der Waals surface area (Å²) < 4.78 is 5.63. The molecule has 6 heteroatoms. The molecule has 2 heterocycles. The lowest BCUT2D eigenvalue weighted by Gasteiger charge is -2.22. The first-order valence-corrected chi connectivity index (χ1v) is 9.28. The molecule has 0 aliphatic carbocycles. The summed E-state index contributed by atoms with van der Waals surface area (Å²) >= 11 is 0. The fourth-order valence-corrected chi connectivity index (χ4v) is 3.55. The molecule has 142 valence electrons. The molecule has 1 atom stereocenters. The zero-order chi connectivity index (χ0) is 19.5. The number of rotatable bonds is 5. The Hall–Kier alpha value is -3.25. The molecule has 0 radical (unpaired) electrons. The Bertz CT molecular complexity index is 992. The Labute approximate surface area is 162 Å². The first kappa shape index (κ1) is 18.1. The number of para-hydroxylation sites is 1. The van der Waals surface area contributed by atoms with Crippen molar-refractivity contribution in [2.24, 2.45) is 0 Å². The molecule has 1 aromatic heterocycles. The van der Waals surface area contributed by atoms with Crippen LogP contribution in [0.2, 0.25) is 0 Å². The largest absolute Gasteiger partial charge is 0.453 e. The molecule has 0 unspecified atom stereocenters. The van der Waals surface area contributed by atoms with Gasteiger partial charge in [-0.25, -0.2) is 0 Å². The van der Waals surface area contributed by atoms with Crippen LogP contribution in [0.15, 0.2) is 65.1 Å². The number of imide groups is 1. The van der Waals surface area contributed by atoms with Gasteiger partial charge in [0.1, 0.15) is 5.58 Å². The Morgan fingerprint density at radius 2 is 1.79 bits per heavy atom. The monoisotopic (exact) mass is 376 g/mol. The Kier molecular flexibility index (Phi) is 5.04. The highest BCUT2D eigenvalue weighted by atomic mass is 16.3. The van der Waals surface area contributed by atoms with E-state index in [1.165, 1.54) is 0 Å². The van der Waals surface area contributed by atoms with Crippen molar-refractivity contribution in [1.82, 2.24) is 10.2 Å². The SMILES string of the molecule is O=C(NC(=O)[C@H]1CCCN1CC(=O)c1cc2ccccc2o1)c1ccccc1. The Balaban J connectivity index is 1.42. The van der Waals surface area contributed by atoms with Crippen LogP contribution in [0.3, 0.4) is 0 Å². The average Bonchev–Trinajstić information content (AvgIpc) is 3.35. The molecular weight excluding hydrogens is 356 g/mol. The highest BCUT2D eigenvalue weighted by Crippen LogP contribution is 2.22. The van der Waals surface area contributed by atoms with Crippen molar-refractivity contribution in [3.63, 3.8) is 0 Å². The summed E-state index contributed by atoms with van der Waals surface area (Å²) in [5.41, 5.74) is 1.09. The van der Waals surface area contributed by atoms with Gasteiger partial charge in [0.2, 0.25) is 11.7 Å². The molecule has 0 spiro atoms. The summed E-state index contributed by atoms with van der Waals surface area (Å²) in [5.74, 6) is -0.692. The highest BCUT2D eigenvalue weighted by molar-refractivity contribution is 6.06. The summed E-state index contributed by atoms with van der Waals surface area (Å²) in [5, 5.41) is 3.32. The number of nitrogens with one attached hydrogen (secondary N) is 1. The summed E-state index contributed by atoms with van der Waals surface area (Å²) in [6.07, 6.45) is 1.41. The molecule has 1 aliphatic heterocycles. The van der Waals surface area contributed by atoms with Crippen LogP contribution in [0.5, 0.6) is 0 Å². The predicted octanol–water partition coefficient (Wildman–Crippen LogP) is 3.04. The van der Waals surface area contributed by atoms with Gasteiger partial charge in [0, 0.05) is 10.9 Å². The number of amides is 2. The first-order valence-electron chi connectivity index (χ1n) is 9.28. The van der Waals surface area contributed by atoms with E-state index in [1.807, 2.05) is 29.2 Å². The molecule has 28 heavy (non-hydrogen) atoms. The summed E-state index contributed by atoms with van der Waals surface area (Å²) in [6.45, 7) is 0.709. The zero-order valence-corrected chi connectivity index (χ0v) is 15.3. The van der Waals surface area contributed by atoms with Gasteiger partial charge in [-0.15, -0.1) is 0 Å². The second-order valence-corrected chi connectivity index (χ2v) is 6.88. The van der Waals surface area contributed by atoms with Crippen LogP contribution in [-0.4, -0.2) is 41.6 Å². The number of hydrogen-bond acceptors (Lipinski definition) is 5. The van der Waals surface area contributed by atoms with E-state index >= 15 is 0 Å². The zero-order valence-electron chi connectivity index (χ0n) is 15.3. The molecule has 1 saturated heterocycles. The van der Waals surface area contributed by atoms with E-state index in [9.17, 15) is 14.4 Å². The molecule has 0 saturated carbocycles. The van der Waals surface area contributed by atoms with Crippen molar-refractivity contribution in [3.05, 3.63) is 72.0 Å². The third-order valence-corrected chi connectivity index (χ3v) is 4.99. The fraction of sp³-hybridized carbons (Fsp3) is 0.227. The minimum Gasteiger partial charge on any atom is -0.453 e. The Morgan fingerprint density at radius 1 is 1.04 bits per heavy atom. The van der Waals surface area contributed by atoms with Crippen molar-refractivity contribution >= 4 is 28.6 Å². The summed E-state index contributed by atoms with van der Waals surface area (Å²) in [4.78, 5) is 39.3. The molecule has 1 fully saturated rings. The molecule has 1 aliphatic rings. The van der Waals surface area contributed by atoms with Crippen LogP contribution in [-0.2, 0) is 4.79 Å². The fourth-order valence-electron chi connectivity index (χ4n) is 3.55. The van der Waals surface area contributed by atoms with Gasteiger partial charge >= 0.3 is 0 Å². The van der Waals surface area contributed by atoms with Gasteiger partial charge in [0.15, 0.2) is 5.76 Å². The number of nitrogens with zero attached hydrogens (tertiary/aromatic N) is 1. The minimum atomic E-state index is -0.499. The number of benzene rings is 2. The van der Waals surface area contributed by atoms with E-state index < -0.39 is 11.9 Å². The second-order valence-electron chi connectivity index (χ2n) is 6.88. The lowest BCUT2D eigenvalue weighted by Crippen LogP contribution is -2.46. The van der Waals surface area contributed by atoms with Crippen molar-refractivity contribution in [2.75, 3.05) is 13.1 Å². The van der Waals surface area contributed by atoms with E-state index in [0.29, 0.717) is 24.1 Å². The molecule has 2 amide bonds. The molecular formula is C22H20N2O4. The number of fused-ring (bicyclic) bond motifs is 1. The van der Waals surface area contributed by atoms with Crippen molar-refractivity contribution in [2.45, 2.75) is 18.9 Å². The second kappa shape index (κ2) is 7.78. The van der Waals surface area contributed by atoms with E-state index in [4.69, 9.17) is 4.42 Å². The number of carbonyl (C=O) groups is 3. The molecule has 3 aromatic rings.